The lowest BCUT2D eigenvalue weighted by atomic mass is 9.93. The highest BCUT2D eigenvalue weighted by Gasteiger charge is 2.23. The average Bonchev–Trinajstić information content (AvgIpc) is 2.32. The molecule has 0 saturated heterocycles. The van der Waals surface area contributed by atoms with Gasteiger partial charge in [0, 0.05) is 0 Å². The number of benzene rings is 2. The molecule has 2 nitrogen and oxygen atoms in total. The highest BCUT2D eigenvalue weighted by atomic mass is 35.5. The zero-order valence-corrected chi connectivity index (χ0v) is 10.9. The number of hydrogen-bond donors (Lipinski definition) is 2. The average molecular weight is 263 g/mol. The minimum atomic E-state index is -0.537. The zero-order valence-electron chi connectivity index (χ0n) is 10.1. The van der Waals surface area contributed by atoms with E-state index < -0.39 is 4.87 Å². The molecule has 0 aliphatic carbocycles. The van der Waals surface area contributed by atoms with Crippen molar-refractivity contribution in [1.82, 2.24) is 0 Å². The van der Waals surface area contributed by atoms with Gasteiger partial charge in [-0.15, -0.1) is 11.6 Å². The predicted octanol–water partition coefficient (Wildman–Crippen LogP) is 3.79. The van der Waals surface area contributed by atoms with Crippen LogP contribution in [0, 0.1) is 0 Å². The van der Waals surface area contributed by atoms with E-state index in [-0.39, 0.29) is 11.5 Å². The van der Waals surface area contributed by atoms with Crippen LogP contribution >= 0.6 is 11.6 Å². The van der Waals surface area contributed by atoms with Crippen LogP contribution in [0.4, 0.5) is 0 Å². The molecule has 1 unspecified atom stereocenters. The first kappa shape index (κ1) is 12.8. The van der Waals surface area contributed by atoms with E-state index in [0.29, 0.717) is 6.42 Å². The smallest absolute Gasteiger partial charge is 0.115 e. The van der Waals surface area contributed by atoms with Gasteiger partial charge in [0.2, 0.25) is 0 Å². The highest BCUT2D eigenvalue weighted by Crippen LogP contribution is 2.33. The molecular weight excluding hydrogens is 248 g/mol. The van der Waals surface area contributed by atoms with Crippen LogP contribution in [0.1, 0.15) is 18.1 Å². The molecule has 94 valence electrons. The van der Waals surface area contributed by atoms with Crippen LogP contribution in [0.2, 0.25) is 0 Å². The van der Waals surface area contributed by atoms with Gasteiger partial charge in [-0.1, -0.05) is 24.3 Å². The third-order valence-corrected chi connectivity index (χ3v) is 3.29. The first-order chi connectivity index (χ1) is 8.47. The summed E-state index contributed by atoms with van der Waals surface area (Å²) in [5.41, 5.74) is 2.01. The quantitative estimate of drug-likeness (QED) is 0.826. The summed E-state index contributed by atoms with van der Waals surface area (Å²) in [6.07, 6.45) is 0.652. The van der Waals surface area contributed by atoms with Crippen LogP contribution in [0.25, 0.3) is 0 Å². The standard InChI is InChI=1S/C15H15ClO2/c1-15(16,12-4-8-14(18)9-5-12)10-11-2-6-13(17)7-3-11/h2-9,17-18H,10H2,1H3. The molecule has 0 fully saturated rings. The number of rotatable bonds is 3. The van der Waals surface area contributed by atoms with E-state index in [1.165, 1.54) is 0 Å². The second kappa shape index (κ2) is 4.91. The predicted molar refractivity (Wildman–Crippen MR) is 73.1 cm³/mol. The number of phenols is 2. The summed E-state index contributed by atoms with van der Waals surface area (Å²) >= 11 is 6.54. The molecule has 0 radical (unpaired) electrons. The van der Waals surface area contributed by atoms with Gasteiger partial charge in [0.05, 0.1) is 4.87 Å². The summed E-state index contributed by atoms with van der Waals surface area (Å²) < 4.78 is 0. The lowest BCUT2D eigenvalue weighted by Crippen LogP contribution is -2.17. The molecule has 18 heavy (non-hydrogen) atoms. The van der Waals surface area contributed by atoms with Crippen molar-refractivity contribution in [3.63, 3.8) is 0 Å². The summed E-state index contributed by atoms with van der Waals surface area (Å²) in [5, 5.41) is 18.5. The fourth-order valence-electron chi connectivity index (χ4n) is 1.91. The first-order valence-corrected chi connectivity index (χ1v) is 6.11. The lowest BCUT2D eigenvalue weighted by molar-refractivity contribution is 0.473. The van der Waals surface area contributed by atoms with E-state index in [2.05, 4.69) is 0 Å². The van der Waals surface area contributed by atoms with E-state index >= 15 is 0 Å². The normalized spacial score (nSPS) is 14.1. The number of phenolic OH excluding ortho intramolecular Hbond substituents is 2. The van der Waals surface area contributed by atoms with Crippen molar-refractivity contribution >= 4 is 11.6 Å². The second-order valence-corrected chi connectivity index (χ2v) is 5.42. The molecule has 2 rings (SSSR count). The van der Waals surface area contributed by atoms with Gasteiger partial charge in [-0.25, -0.2) is 0 Å². The van der Waals surface area contributed by atoms with E-state index in [1.807, 2.05) is 31.2 Å². The van der Waals surface area contributed by atoms with E-state index in [4.69, 9.17) is 11.6 Å². The molecule has 2 N–H and O–H groups in total. The maximum Gasteiger partial charge on any atom is 0.115 e. The molecule has 1 atom stereocenters. The maximum absolute atomic E-state index is 9.27. The van der Waals surface area contributed by atoms with Crippen LogP contribution in [0.5, 0.6) is 11.5 Å². The molecule has 0 aliphatic rings. The van der Waals surface area contributed by atoms with Crippen LogP contribution in [0.3, 0.4) is 0 Å². The van der Waals surface area contributed by atoms with E-state index in [1.54, 1.807) is 24.3 Å². The Labute approximate surface area is 111 Å². The Morgan fingerprint density at radius 3 is 1.83 bits per heavy atom. The molecule has 0 aliphatic heterocycles. The third kappa shape index (κ3) is 2.96. The highest BCUT2D eigenvalue weighted by molar-refractivity contribution is 6.23. The van der Waals surface area contributed by atoms with Gasteiger partial charge in [-0.3, -0.25) is 0 Å². The maximum atomic E-state index is 9.27. The van der Waals surface area contributed by atoms with Crippen molar-refractivity contribution in [2.75, 3.05) is 0 Å². The van der Waals surface area contributed by atoms with E-state index in [0.717, 1.165) is 11.1 Å². The molecule has 0 aromatic heterocycles. The number of halogens is 1. The molecule has 0 spiro atoms. The van der Waals surface area contributed by atoms with Gasteiger partial charge in [-0.05, 0) is 48.7 Å². The molecule has 2 aromatic rings. The third-order valence-electron chi connectivity index (χ3n) is 2.94. The Morgan fingerprint density at radius 1 is 0.889 bits per heavy atom. The van der Waals surface area contributed by atoms with Gasteiger partial charge >= 0.3 is 0 Å². The summed E-state index contributed by atoms with van der Waals surface area (Å²) in [7, 11) is 0. The van der Waals surface area contributed by atoms with Crippen molar-refractivity contribution < 1.29 is 10.2 Å². The van der Waals surface area contributed by atoms with Gasteiger partial charge in [0.1, 0.15) is 11.5 Å². The summed E-state index contributed by atoms with van der Waals surface area (Å²) in [6.45, 7) is 1.94. The Hall–Kier alpha value is -1.67. The van der Waals surface area contributed by atoms with Gasteiger partial charge in [-0.2, -0.15) is 0 Å². The largest absolute Gasteiger partial charge is 0.508 e. The Balaban J connectivity index is 2.20. The van der Waals surface area contributed by atoms with Crippen molar-refractivity contribution in [2.45, 2.75) is 18.2 Å². The molecule has 0 amide bonds. The molecule has 0 bridgehead atoms. The summed E-state index contributed by atoms with van der Waals surface area (Å²) in [5.74, 6) is 0.482. The molecule has 3 heteroatoms. The van der Waals surface area contributed by atoms with E-state index in [9.17, 15) is 10.2 Å². The summed E-state index contributed by atoms with van der Waals surface area (Å²) in [4.78, 5) is -0.537. The number of alkyl halides is 1. The van der Waals surface area contributed by atoms with Gasteiger partial charge in [0.25, 0.3) is 0 Å². The van der Waals surface area contributed by atoms with Gasteiger partial charge in [0.15, 0.2) is 0 Å². The minimum absolute atomic E-state index is 0.232. The summed E-state index contributed by atoms with van der Waals surface area (Å²) in [6, 6.07) is 13.9. The molecular formula is C15H15ClO2. The fraction of sp³-hybridized carbons (Fsp3) is 0.200. The van der Waals surface area contributed by atoms with Crippen molar-refractivity contribution in [3.05, 3.63) is 59.7 Å². The SMILES string of the molecule is CC(Cl)(Cc1ccc(O)cc1)c1ccc(O)cc1. The van der Waals surface area contributed by atoms with Crippen molar-refractivity contribution in [2.24, 2.45) is 0 Å². The Bertz CT molecular complexity index is 515. The second-order valence-electron chi connectivity index (χ2n) is 4.59. The Kier molecular flexibility index (Phi) is 3.48. The van der Waals surface area contributed by atoms with Crippen molar-refractivity contribution in [1.29, 1.82) is 0 Å². The molecule has 0 saturated carbocycles. The van der Waals surface area contributed by atoms with Gasteiger partial charge < -0.3 is 10.2 Å². The molecule has 2 aromatic carbocycles. The van der Waals surface area contributed by atoms with Crippen molar-refractivity contribution in [3.8, 4) is 11.5 Å². The lowest BCUT2D eigenvalue weighted by Gasteiger charge is -2.23. The van der Waals surface area contributed by atoms with Crippen LogP contribution < -0.4 is 0 Å². The van der Waals surface area contributed by atoms with Crippen LogP contribution in [-0.4, -0.2) is 10.2 Å². The Morgan fingerprint density at radius 2 is 1.33 bits per heavy atom. The molecule has 0 heterocycles. The minimum Gasteiger partial charge on any atom is -0.508 e. The first-order valence-electron chi connectivity index (χ1n) is 5.74. The fourth-order valence-corrected chi connectivity index (χ4v) is 2.19. The van der Waals surface area contributed by atoms with Crippen LogP contribution in [0.15, 0.2) is 48.5 Å². The van der Waals surface area contributed by atoms with Crippen LogP contribution in [-0.2, 0) is 11.3 Å². The topological polar surface area (TPSA) is 40.5 Å². The number of hydrogen-bond acceptors (Lipinski definition) is 2. The number of aromatic hydroxyl groups is 2. The monoisotopic (exact) mass is 262 g/mol. The zero-order chi connectivity index (χ0) is 13.2.